The molecule has 2 unspecified atom stereocenters. The Hall–Kier alpha value is -0.120. The molecule has 0 aromatic heterocycles. The van der Waals surface area contributed by atoms with Crippen molar-refractivity contribution in [1.29, 1.82) is 0 Å². The molecule has 2 rings (SSSR count). The summed E-state index contributed by atoms with van der Waals surface area (Å²) >= 11 is 0. The molecule has 3 nitrogen and oxygen atoms in total. The third-order valence-corrected chi connectivity index (χ3v) is 4.18. The molecule has 0 saturated carbocycles. The fourth-order valence-electron chi connectivity index (χ4n) is 3.24. The van der Waals surface area contributed by atoms with E-state index in [1.54, 1.807) is 0 Å². The summed E-state index contributed by atoms with van der Waals surface area (Å²) in [6, 6.07) is 0.714. The molecule has 2 N–H and O–H groups in total. The Labute approximate surface area is 93.0 Å². The van der Waals surface area contributed by atoms with Crippen molar-refractivity contribution in [3.63, 3.8) is 0 Å². The molecule has 15 heavy (non-hydrogen) atoms. The molecule has 2 fully saturated rings. The van der Waals surface area contributed by atoms with Gasteiger partial charge in [0.2, 0.25) is 0 Å². The Morgan fingerprint density at radius 3 is 2.87 bits per heavy atom. The van der Waals surface area contributed by atoms with Crippen LogP contribution in [0.1, 0.15) is 39.0 Å². The normalized spacial score (nSPS) is 39.2. The van der Waals surface area contributed by atoms with Crippen molar-refractivity contribution < 1.29 is 4.74 Å². The van der Waals surface area contributed by atoms with Crippen LogP contribution < -0.4 is 5.73 Å². The van der Waals surface area contributed by atoms with Gasteiger partial charge in [0.25, 0.3) is 0 Å². The molecule has 88 valence electrons. The van der Waals surface area contributed by atoms with Crippen molar-refractivity contribution >= 4 is 0 Å². The first kappa shape index (κ1) is 11.4. The number of likely N-dealkylation sites (tertiary alicyclic amines) is 1. The highest BCUT2D eigenvalue weighted by atomic mass is 16.5. The van der Waals surface area contributed by atoms with Gasteiger partial charge in [-0.3, -0.25) is 4.90 Å². The van der Waals surface area contributed by atoms with Crippen LogP contribution in [0.2, 0.25) is 0 Å². The summed E-state index contributed by atoms with van der Waals surface area (Å²) in [6.07, 6.45) is 6.18. The number of rotatable bonds is 2. The highest BCUT2D eigenvalue weighted by molar-refractivity contribution is 4.97. The maximum absolute atomic E-state index is 6.05. The minimum Gasteiger partial charge on any atom is -0.381 e. The smallest absolute Gasteiger partial charge is 0.0484 e. The lowest BCUT2D eigenvalue weighted by Crippen LogP contribution is -2.55. The fraction of sp³-hybridized carbons (Fsp3) is 1.00. The lowest BCUT2D eigenvalue weighted by molar-refractivity contribution is 0.0617. The van der Waals surface area contributed by atoms with Crippen LogP contribution in [0.15, 0.2) is 0 Å². The van der Waals surface area contributed by atoms with Gasteiger partial charge in [-0.2, -0.15) is 0 Å². The minimum absolute atomic E-state index is 0.242. The number of hydrogen-bond acceptors (Lipinski definition) is 3. The number of hydrogen-bond donors (Lipinski definition) is 1. The maximum Gasteiger partial charge on any atom is 0.0484 e. The van der Waals surface area contributed by atoms with Crippen molar-refractivity contribution in [3.05, 3.63) is 0 Å². The molecule has 0 bridgehead atoms. The summed E-state index contributed by atoms with van der Waals surface area (Å²) in [4.78, 5) is 2.65. The van der Waals surface area contributed by atoms with Gasteiger partial charge < -0.3 is 10.5 Å². The van der Waals surface area contributed by atoms with E-state index in [2.05, 4.69) is 11.8 Å². The van der Waals surface area contributed by atoms with Crippen LogP contribution in [0.3, 0.4) is 0 Å². The van der Waals surface area contributed by atoms with Gasteiger partial charge in [-0.15, -0.1) is 0 Å². The Bertz CT molecular complexity index is 200. The first-order valence-electron chi connectivity index (χ1n) is 6.33. The van der Waals surface area contributed by atoms with Crippen molar-refractivity contribution in [2.24, 2.45) is 5.73 Å². The Morgan fingerprint density at radius 1 is 1.33 bits per heavy atom. The second kappa shape index (κ2) is 4.81. The monoisotopic (exact) mass is 212 g/mol. The fourth-order valence-corrected chi connectivity index (χ4v) is 3.24. The molecule has 3 heteroatoms. The molecule has 0 aromatic rings. The van der Waals surface area contributed by atoms with E-state index in [0.29, 0.717) is 6.04 Å². The summed E-state index contributed by atoms with van der Waals surface area (Å²) in [7, 11) is 0. The van der Waals surface area contributed by atoms with E-state index < -0.39 is 0 Å². The molecular formula is C12H24N2O. The number of nitrogens with two attached hydrogens (primary N) is 1. The average molecular weight is 212 g/mol. The van der Waals surface area contributed by atoms with Crippen LogP contribution in [0, 0.1) is 0 Å². The van der Waals surface area contributed by atoms with Crippen molar-refractivity contribution in [1.82, 2.24) is 4.90 Å². The molecule has 2 saturated heterocycles. The maximum atomic E-state index is 6.05. The summed E-state index contributed by atoms with van der Waals surface area (Å²) < 4.78 is 5.56. The molecule has 2 aliphatic rings. The molecule has 0 aromatic carbocycles. The number of nitrogens with zero attached hydrogens (tertiary/aromatic N) is 1. The zero-order chi connectivity index (χ0) is 10.7. The first-order valence-corrected chi connectivity index (χ1v) is 6.33. The SMILES string of the molecule is CC1CCCN1C1(CN)CCCOCC1. The second-order valence-corrected chi connectivity index (χ2v) is 5.08. The van der Waals surface area contributed by atoms with Gasteiger partial charge in [-0.05, 0) is 45.6 Å². The third kappa shape index (κ3) is 2.19. The van der Waals surface area contributed by atoms with Crippen LogP contribution in [0.4, 0.5) is 0 Å². The highest BCUT2D eigenvalue weighted by Gasteiger charge is 2.40. The number of ether oxygens (including phenoxy) is 1. The first-order chi connectivity index (χ1) is 7.28. The van der Waals surface area contributed by atoms with Crippen LogP contribution in [-0.4, -0.2) is 42.8 Å². The zero-order valence-corrected chi connectivity index (χ0v) is 9.87. The standard InChI is InChI=1S/C12H24N2O/c1-11-4-2-7-14(11)12(10-13)5-3-8-15-9-6-12/h11H,2-10,13H2,1H3. The quantitative estimate of drug-likeness (QED) is 0.751. The van der Waals surface area contributed by atoms with E-state index in [0.717, 1.165) is 26.2 Å². The van der Waals surface area contributed by atoms with E-state index >= 15 is 0 Å². The third-order valence-electron chi connectivity index (χ3n) is 4.18. The van der Waals surface area contributed by atoms with Crippen molar-refractivity contribution in [2.45, 2.75) is 50.6 Å². The van der Waals surface area contributed by atoms with Gasteiger partial charge >= 0.3 is 0 Å². The van der Waals surface area contributed by atoms with E-state index in [9.17, 15) is 0 Å². The van der Waals surface area contributed by atoms with Gasteiger partial charge in [0.1, 0.15) is 0 Å². The zero-order valence-electron chi connectivity index (χ0n) is 9.87. The van der Waals surface area contributed by atoms with E-state index in [1.807, 2.05) is 0 Å². The molecular weight excluding hydrogens is 188 g/mol. The lowest BCUT2D eigenvalue weighted by atomic mass is 9.88. The van der Waals surface area contributed by atoms with E-state index in [4.69, 9.17) is 10.5 Å². The van der Waals surface area contributed by atoms with Gasteiger partial charge in [0, 0.05) is 31.3 Å². The van der Waals surface area contributed by atoms with Gasteiger partial charge in [-0.25, -0.2) is 0 Å². The molecule has 2 atom stereocenters. The Kier molecular flexibility index (Phi) is 3.65. The summed E-state index contributed by atoms with van der Waals surface area (Å²) in [5.74, 6) is 0. The molecule has 0 aliphatic carbocycles. The van der Waals surface area contributed by atoms with Crippen molar-refractivity contribution in [3.8, 4) is 0 Å². The Morgan fingerprint density at radius 2 is 2.20 bits per heavy atom. The summed E-state index contributed by atoms with van der Waals surface area (Å²) in [5.41, 5.74) is 6.29. The van der Waals surface area contributed by atoms with Crippen LogP contribution in [-0.2, 0) is 4.74 Å². The van der Waals surface area contributed by atoms with Crippen LogP contribution >= 0.6 is 0 Å². The van der Waals surface area contributed by atoms with Gasteiger partial charge in [0.15, 0.2) is 0 Å². The average Bonchev–Trinajstić information content (AvgIpc) is 2.56. The largest absolute Gasteiger partial charge is 0.381 e. The minimum atomic E-state index is 0.242. The van der Waals surface area contributed by atoms with Crippen molar-refractivity contribution in [2.75, 3.05) is 26.3 Å². The van der Waals surface area contributed by atoms with Crippen LogP contribution in [0.5, 0.6) is 0 Å². The molecule has 0 spiro atoms. The van der Waals surface area contributed by atoms with E-state index in [1.165, 1.54) is 32.2 Å². The predicted octanol–water partition coefficient (Wildman–Crippen LogP) is 1.37. The highest BCUT2D eigenvalue weighted by Crippen LogP contribution is 2.33. The summed E-state index contributed by atoms with van der Waals surface area (Å²) in [5, 5.41) is 0. The molecule has 2 heterocycles. The topological polar surface area (TPSA) is 38.5 Å². The summed E-state index contributed by atoms with van der Waals surface area (Å²) in [6.45, 7) is 6.18. The van der Waals surface area contributed by atoms with Crippen LogP contribution in [0.25, 0.3) is 0 Å². The predicted molar refractivity (Wildman–Crippen MR) is 61.9 cm³/mol. The lowest BCUT2D eigenvalue weighted by Gasteiger charge is -2.43. The van der Waals surface area contributed by atoms with E-state index in [-0.39, 0.29) is 5.54 Å². The second-order valence-electron chi connectivity index (χ2n) is 5.08. The molecule has 0 amide bonds. The molecule has 0 radical (unpaired) electrons. The van der Waals surface area contributed by atoms with Gasteiger partial charge in [0.05, 0.1) is 0 Å². The molecule has 2 aliphatic heterocycles. The van der Waals surface area contributed by atoms with Gasteiger partial charge in [-0.1, -0.05) is 0 Å². The Balaban J connectivity index is 2.10.